The monoisotopic (exact) mass is 1820 g/mol. The number of rotatable bonds is 56. The van der Waals surface area contributed by atoms with Gasteiger partial charge in [-0.25, -0.2) is 0 Å². The van der Waals surface area contributed by atoms with Crippen LogP contribution in [0.15, 0.2) is 243 Å². The van der Waals surface area contributed by atoms with Gasteiger partial charge in [0.2, 0.25) is 70.9 Å². The van der Waals surface area contributed by atoms with Crippen molar-refractivity contribution in [1.29, 1.82) is 0 Å². The molecule has 8 rings (SSSR count). The lowest BCUT2D eigenvalue weighted by Gasteiger charge is -2.38. The van der Waals surface area contributed by atoms with Gasteiger partial charge in [-0.1, -0.05) is 262 Å². The molecule has 0 fully saturated rings. The maximum atomic E-state index is 16.1. The number of benzene rings is 8. The Morgan fingerprint density at radius 3 is 0.602 bits per heavy atom. The molecule has 28 heteroatoms. The predicted molar refractivity (Wildman–Crippen MR) is 519 cm³/mol. The van der Waals surface area contributed by atoms with Crippen molar-refractivity contribution >= 4 is 70.9 Å². The first-order valence-corrected chi connectivity index (χ1v) is 46.8. The van der Waals surface area contributed by atoms with Crippen LogP contribution < -0.4 is 28.3 Å². The molecule has 712 valence electrons. The zero-order chi connectivity index (χ0) is 96.3. The van der Waals surface area contributed by atoms with Crippen LogP contribution in [-0.2, 0) is 57.5 Å². The molecule has 28 nitrogen and oxygen atoms in total. The number of hydrogen-bond donors (Lipinski definition) is 5. The highest BCUT2D eigenvalue weighted by Crippen LogP contribution is 2.32. The Labute approximate surface area is 786 Å². The summed E-state index contributed by atoms with van der Waals surface area (Å²) in [6, 6.07) is 67.0. The number of unbranched alkanes of at least 4 members (excludes halogenated alkanes) is 5. The quantitative estimate of drug-likeness (QED) is 0.0221. The van der Waals surface area contributed by atoms with Crippen LogP contribution in [0.3, 0.4) is 0 Å². The number of nitrogens with one attached hydrogen (secondary N) is 1. The van der Waals surface area contributed by atoms with Crippen molar-refractivity contribution in [1.82, 2.24) is 59.2 Å². The molecule has 9 N–H and O–H groups in total. The minimum absolute atomic E-state index is 0.0151. The molecule has 12 amide bonds. The van der Waals surface area contributed by atoms with Crippen molar-refractivity contribution in [3.05, 3.63) is 287 Å². The first kappa shape index (κ1) is 106. The molecule has 0 radical (unpaired) electrons. The van der Waals surface area contributed by atoms with E-state index < -0.39 is 179 Å². The van der Waals surface area contributed by atoms with E-state index in [1.165, 1.54) is 53.9 Å². The Kier molecular flexibility index (Phi) is 44.1. The number of carbonyl (C=O) groups is 12. The Morgan fingerprint density at radius 2 is 0.414 bits per heavy atom. The SMILES string of the molecule is CCCCCNCC(=O)N(CC(=O)N(CC(=O)N(CCCCN)CC(=O)N(CC(=O)N(CC(=O)N(CCCCN)CC(=O)N(CC(=O)N(CC(=O)N(CCCCN)CC(=O)N(CC(=O)N(CC(N)=O)[C@@H](C)c1ccccc1)[C@@H](C)c1ccccc1)[C@H](C)c1ccccc1)[C@@H](C)c1ccccc1)[C@@H](C)c1ccccc1)[C@@H](C)c1ccccc1)[C@H](C)c1ccccc1)[C@@H](C)c1ccccc1. The van der Waals surface area contributed by atoms with E-state index in [-0.39, 0.29) is 58.3 Å². The highest BCUT2D eigenvalue weighted by atomic mass is 16.2. The average Bonchev–Trinajstić information content (AvgIpc) is 0.835. The normalized spacial score (nSPS) is 12.9. The van der Waals surface area contributed by atoms with Gasteiger partial charge in [-0.15, -0.1) is 0 Å². The van der Waals surface area contributed by atoms with Gasteiger partial charge in [0.05, 0.1) is 81.1 Å². The van der Waals surface area contributed by atoms with Gasteiger partial charge in [0, 0.05) is 19.6 Å². The molecule has 0 aromatic heterocycles. The van der Waals surface area contributed by atoms with Gasteiger partial charge in [-0.2, -0.15) is 0 Å². The van der Waals surface area contributed by atoms with Gasteiger partial charge < -0.3 is 82.2 Å². The number of hydrogen-bond acceptors (Lipinski definition) is 16. The average molecular weight is 1820 g/mol. The minimum Gasteiger partial charge on any atom is -0.368 e. The maximum Gasteiger partial charge on any atom is 0.243 e. The molecule has 0 bridgehead atoms. The number of nitrogens with two attached hydrogens (primary N) is 4. The Hall–Kier alpha value is -12.8. The van der Waals surface area contributed by atoms with Gasteiger partial charge in [-0.05, 0) is 171 Å². The highest BCUT2D eigenvalue weighted by molar-refractivity contribution is 5.96. The zero-order valence-corrected chi connectivity index (χ0v) is 79.1. The molecule has 0 aliphatic carbocycles. The Balaban J connectivity index is 1.12. The van der Waals surface area contributed by atoms with Crippen molar-refractivity contribution in [2.24, 2.45) is 22.9 Å². The molecule has 0 aliphatic rings. The summed E-state index contributed by atoms with van der Waals surface area (Å²) in [5.41, 5.74) is 29.6. The van der Waals surface area contributed by atoms with Crippen LogP contribution in [-0.4, -0.2) is 249 Å². The van der Waals surface area contributed by atoms with Crippen molar-refractivity contribution in [3.8, 4) is 0 Å². The maximum absolute atomic E-state index is 16.1. The number of carbonyl (C=O) groups excluding carboxylic acids is 12. The predicted octanol–water partition coefficient (Wildman–Crippen LogP) is 11.7. The summed E-state index contributed by atoms with van der Waals surface area (Å²) >= 11 is 0. The van der Waals surface area contributed by atoms with Crippen molar-refractivity contribution in [2.75, 3.05) is 124 Å². The third-order valence-electron chi connectivity index (χ3n) is 24.9. The molecule has 8 aromatic carbocycles. The van der Waals surface area contributed by atoms with E-state index in [4.69, 9.17) is 22.9 Å². The molecular weight excluding hydrogens is 1680 g/mol. The fourth-order valence-corrected chi connectivity index (χ4v) is 16.4. The summed E-state index contributed by atoms with van der Waals surface area (Å²) in [7, 11) is 0. The van der Waals surface area contributed by atoms with E-state index in [0.29, 0.717) is 72.9 Å². The zero-order valence-electron chi connectivity index (χ0n) is 79.1. The number of primary amides is 1. The largest absolute Gasteiger partial charge is 0.368 e. The summed E-state index contributed by atoms with van der Waals surface area (Å²) in [6.07, 6.45) is 5.25. The molecule has 8 aromatic rings. The van der Waals surface area contributed by atoms with E-state index in [1.807, 2.05) is 220 Å². The first-order valence-electron chi connectivity index (χ1n) is 46.8. The first-order chi connectivity index (χ1) is 64.1. The highest BCUT2D eigenvalue weighted by Gasteiger charge is 2.40. The lowest BCUT2D eigenvalue weighted by atomic mass is 10.0. The summed E-state index contributed by atoms with van der Waals surface area (Å²) in [5, 5.41) is 3.27. The molecule has 8 atom stereocenters. The molecule has 0 spiro atoms. The third-order valence-corrected chi connectivity index (χ3v) is 24.9. The fourth-order valence-electron chi connectivity index (χ4n) is 16.4. The second-order valence-corrected chi connectivity index (χ2v) is 34.1. The van der Waals surface area contributed by atoms with E-state index in [9.17, 15) is 14.4 Å². The summed E-state index contributed by atoms with van der Waals surface area (Å²) in [5.74, 6) is -7.26. The summed E-state index contributed by atoms with van der Waals surface area (Å²) in [6.45, 7) is 11.7. The van der Waals surface area contributed by atoms with Gasteiger partial charge in [0.1, 0.15) is 45.8 Å². The van der Waals surface area contributed by atoms with Gasteiger partial charge in [0.25, 0.3) is 0 Å². The minimum atomic E-state index is -0.851. The lowest BCUT2D eigenvalue weighted by Crippen LogP contribution is -2.54. The van der Waals surface area contributed by atoms with Crippen molar-refractivity contribution < 1.29 is 57.5 Å². The van der Waals surface area contributed by atoms with Crippen LogP contribution in [0.25, 0.3) is 0 Å². The molecule has 133 heavy (non-hydrogen) atoms. The van der Waals surface area contributed by atoms with E-state index in [1.54, 1.807) is 77.9 Å². The Morgan fingerprint density at radius 1 is 0.233 bits per heavy atom. The topological polar surface area (TPSA) is 357 Å². The van der Waals surface area contributed by atoms with Crippen LogP contribution in [0, 0.1) is 0 Å². The van der Waals surface area contributed by atoms with Crippen LogP contribution in [0.1, 0.15) is 213 Å². The van der Waals surface area contributed by atoms with Crippen LogP contribution >= 0.6 is 0 Å². The smallest absolute Gasteiger partial charge is 0.243 e. The van der Waals surface area contributed by atoms with Crippen LogP contribution in [0.2, 0.25) is 0 Å². The van der Waals surface area contributed by atoms with Gasteiger partial charge in [-0.3, -0.25) is 57.5 Å². The molecule has 0 saturated heterocycles. The number of nitrogens with zero attached hydrogens (tertiary/aromatic N) is 11. The van der Waals surface area contributed by atoms with Gasteiger partial charge in [0.15, 0.2) is 0 Å². The van der Waals surface area contributed by atoms with Crippen LogP contribution in [0.4, 0.5) is 0 Å². The molecule has 0 aliphatic heterocycles. The van der Waals surface area contributed by atoms with Crippen LogP contribution in [0.5, 0.6) is 0 Å². The molecular formula is C105H140N16O12. The van der Waals surface area contributed by atoms with E-state index in [0.717, 1.165) is 36.0 Å². The third kappa shape index (κ3) is 32.3. The lowest BCUT2D eigenvalue weighted by molar-refractivity contribution is -0.152. The van der Waals surface area contributed by atoms with E-state index in [2.05, 4.69) is 12.2 Å². The van der Waals surface area contributed by atoms with Crippen molar-refractivity contribution in [2.45, 2.75) is 168 Å². The van der Waals surface area contributed by atoms with Crippen molar-refractivity contribution in [3.63, 3.8) is 0 Å². The second kappa shape index (κ2) is 55.5. The number of amides is 12. The summed E-state index contributed by atoms with van der Waals surface area (Å²) in [4.78, 5) is 199. The van der Waals surface area contributed by atoms with E-state index >= 15 is 43.2 Å². The molecule has 0 heterocycles. The second-order valence-electron chi connectivity index (χ2n) is 34.1. The molecule has 0 unspecified atom stereocenters. The summed E-state index contributed by atoms with van der Waals surface area (Å²) < 4.78 is 0. The standard InChI is InChI=1S/C105H140N16O12/c1-10-11-39-62-110-66-95(123)115(79(3)87-45-22-13-23-46-87)74-103(131)116(80(4)88-47-24-14-25-48-88)71-96(124)112(64-41-37-60-107)69-100(128)120(84(8)92-55-32-18-33-56-92)76-105(133)118(82(6)90-51-28-16-29-52-90)73-98(126)113(65-42-38-61-108)70-101(129)121(85(9)93-57-34-19-35-58-93)77-104(132)117(81(5)89-49-26-15-27-50-89)72-97(125)111(63-40-36-59-106)68-99(127)119(83(7)91-53-30-17-31-54-91)75-102(130)114(67-94(109)122)78(2)86-43-20-12-21-44-86/h12-35,43-58,78-85,110H,10-11,36-42,59-77,106-108H2,1-9H3,(H2,109,122)/t78-,79-,80+,81+,82-,83-,84-,85-/m0/s1. The molecule has 0 saturated carbocycles. The fraction of sp³-hybridized carbons (Fsp3) is 0.429. The Bertz CT molecular complexity index is 4900. The van der Waals surface area contributed by atoms with Gasteiger partial charge >= 0.3 is 0 Å².